The van der Waals surface area contributed by atoms with E-state index in [1.54, 1.807) is 18.2 Å². The van der Waals surface area contributed by atoms with Gasteiger partial charge in [-0.05, 0) is 98.8 Å². The maximum Gasteiger partial charge on any atom is 0.416 e. The van der Waals surface area contributed by atoms with E-state index in [4.69, 9.17) is 5.26 Å². The van der Waals surface area contributed by atoms with Crippen LogP contribution < -0.4 is 0 Å². The zero-order valence-electron chi connectivity index (χ0n) is 17.7. The predicted molar refractivity (Wildman–Crippen MR) is 115 cm³/mol. The Morgan fingerprint density at radius 1 is 0.935 bits per heavy atom. The lowest BCUT2D eigenvalue weighted by atomic mass is 9.70. The molecule has 3 rings (SSSR count). The third-order valence-electron chi connectivity index (χ3n) is 6.99. The smallest absolute Gasteiger partial charge is 0.195 e. The zero-order valence-corrected chi connectivity index (χ0v) is 17.7. The highest BCUT2D eigenvalue weighted by molar-refractivity contribution is 5.28. The molecule has 2 fully saturated rings. The predicted octanol–water partition coefficient (Wildman–Crippen LogP) is 8.27. The number of hydrogen-bond donors (Lipinski definition) is 0. The van der Waals surface area contributed by atoms with Crippen molar-refractivity contribution in [1.82, 2.24) is 0 Å². The molecule has 0 unspecified atom stereocenters. The Morgan fingerprint density at radius 2 is 1.48 bits per heavy atom. The number of halogens is 4. The van der Waals surface area contributed by atoms with Crippen LogP contribution in [-0.4, -0.2) is 0 Å². The topological polar surface area (TPSA) is 23.8 Å². The van der Waals surface area contributed by atoms with E-state index in [9.17, 15) is 17.6 Å². The Hall–Kier alpha value is -2.35. The molecule has 1 aromatic rings. The van der Waals surface area contributed by atoms with Crippen LogP contribution in [-0.2, 0) is 6.18 Å². The lowest BCUT2D eigenvalue weighted by molar-refractivity contribution is -0.137. The normalized spacial score (nSPS) is 27.8. The van der Waals surface area contributed by atoms with Crippen molar-refractivity contribution in [3.8, 4) is 6.07 Å². The molecule has 0 saturated heterocycles. The van der Waals surface area contributed by atoms with Crippen LogP contribution in [0, 0.1) is 29.1 Å². The minimum atomic E-state index is -4.29. The van der Waals surface area contributed by atoms with Crippen molar-refractivity contribution >= 4 is 0 Å². The molecule has 0 radical (unpaired) electrons. The quantitative estimate of drug-likeness (QED) is 0.199. The van der Waals surface area contributed by atoms with E-state index >= 15 is 0 Å². The summed E-state index contributed by atoms with van der Waals surface area (Å²) < 4.78 is 51.2. The SMILES string of the molecule is C=C(C1CCC(C=CC=C(F)C#N)CC1)C1CCC(c2ccc(C(F)(F)F)cc2)CC1. The van der Waals surface area contributed by atoms with Crippen molar-refractivity contribution in [2.45, 2.75) is 63.5 Å². The van der Waals surface area contributed by atoms with Crippen LogP contribution in [0.4, 0.5) is 17.6 Å². The molecule has 0 atom stereocenters. The molecular weight excluding hydrogens is 402 g/mol. The highest BCUT2D eigenvalue weighted by atomic mass is 19.4. The number of benzene rings is 1. The Balaban J connectivity index is 1.46. The summed E-state index contributed by atoms with van der Waals surface area (Å²) in [5, 5.41) is 8.43. The van der Waals surface area contributed by atoms with E-state index in [1.165, 1.54) is 29.9 Å². The molecule has 1 aromatic carbocycles. The van der Waals surface area contributed by atoms with Gasteiger partial charge in [0.1, 0.15) is 6.07 Å². The Morgan fingerprint density at radius 3 is 2.00 bits per heavy atom. The first-order valence-electron chi connectivity index (χ1n) is 11.1. The van der Waals surface area contributed by atoms with E-state index < -0.39 is 17.6 Å². The van der Waals surface area contributed by atoms with E-state index in [0.29, 0.717) is 23.7 Å². The third-order valence-corrected chi connectivity index (χ3v) is 6.99. The molecule has 31 heavy (non-hydrogen) atoms. The van der Waals surface area contributed by atoms with E-state index in [2.05, 4.69) is 6.58 Å². The van der Waals surface area contributed by atoms with E-state index in [1.807, 2.05) is 6.08 Å². The number of alkyl halides is 3. The molecular formula is C26H29F4N. The molecule has 1 nitrogen and oxygen atoms in total. The van der Waals surface area contributed by atoms with Gasteiger partial charge in [0.15, 0.2) is 5.83 Å². The molecule has 5 heteroatoms. The summed E-state index contributed by atoms with van der Waals surface area (Å²) in [7, 11) is 0. The van der Waals surface area contributed by atoms with Crippen LogP contribution in [0.5, 0.6) is 0 Å². The van der Waals surface area contributed by atoms with Gasteiger partial charge in [-0.3, -0.25) is 0 Å². The zero-order chi connectivity index (χ0) is 22.4. The van der Waals surface area contributed by atoms with Crippen LogP contribution >= 0.6 is 0 Å². The van der Waals surface area contributed by atoms with E-state index in [-0.39, 0.29) is 0 Å². The minimum Gasteiger partial charge on any atom is -0.195 e. The van der Waals surface area contributed by atoms with Crippen molar-refractivity contribution < 1.29 is 17.6 Å². The highest BCUT2D eigenvalue weighted by Crippen LogP contribution is 2.44. The second-order valence-electron chi connectivity index (χ2n) is 8.87. The molecule has 0 bridgehead atoms. The Labute approximate surface area is 182 Å². The molecule has 0 aliphatic heterocycles. The van der Waals surface area contributed by atoms with Gasteiger partial charge < -0.3 is 0 Å². The van der Waals surface area contributed by atoms with Gasteiger partial charge in [-0.2, -0.15) is 22.8 Å². The average molecular weight is 432 g/mol. The summed E-state index contributed by atoms with van der Waals surface area (Å²) in [6.45, 7) is 4.42. The molecule has 0 amide bonds. The van der Waals surface area contributed by atoms with Gasteiger partial charge in [-0.15, -0.1) is 0 Å². The molecule has 166 valence electrons. The first kappa shape index (κ1) is 23.3. The fourth-order valence-electron chi connectivity index (χ4n) is 5.09. The van der Waals surface area contributed by atoms with Crippen LogP contribution in [0.3, 0.4) is 0 Å². The monoisotopic (exact) mass is 431 g/mol. The fourth-order valence-corrected chi connectivity index (χ4v) is 5.09. The van der Waals surface area contributed by atoms with Gasteiger partial charge in [0.25, 0.3) is 0 Å². The number of allylic oxidation sites excluding steroid dienone is 5. The van der Waals surface area contributed by atoms with Gasteiger partial charge in [-0.25, -0.2) is 0 Å². The molecule has 0 heterocycles. The van der Waals surface area contributed by atoms with Crippen LogP contribution in [0.2, 0.25) is 0 Å². The number of rotatable bonds is 5. The minimum absolute atomic E-state index is 0.328. The van der Waals surface area contributed by atoms with Crippen molar-refractivity contribution in [3.05, 3.63) is 71.6 Å². The molecule has 0 aromatic heterocycles. The van der Waals surface area contributed by atoms with Gasteiger partial charge >= 0.3 is 6.18 Å². The highest BCUT2D eigenvalue weighted by Gasteiger charge is 2.32. The van der Waals surface area contributed by atoms with E-state index in [0.717, 1.165) is 56.9 Å². The largest absolute Gasteiger partial charge is 0.416 e. The Bertz CT molecular complexity index is 841. The maximum atomic E-state index is 12.9. The third kappa shape index (κ3) is 6.32. The fraction of sp³-hybridized carbons (Fsp3) is 0.500. The van der Waals surface area contributed by atoms with Crippen molar-refractivity contribution in [3.63, 3.8) is 0 Å². The van der Waals surface area contributed by atoms with Gasteiger partial charge in [0, 0.05) is 0 Å². The summed E-state index contributed by atoms with van der Waals surface area (Å²) in [6, 6.07) is 7.12. The molecule has 0 spiro atoms. The molecule has 2 saturated carbocycles. The second-order valence-corrected chi connectivity index (χ2v) is 8.87. The van der Waals surface area contributed by atoms with Crippen molar-refractivity contribution in [2.75, 3.05) is 0 Å². The summed E-state index contributed by atoms with van der Waals surface area (Å²) in [4.78, 5) is 0. The molecule has 0 N–H and O–H groups in total. The van der Waals surface area contributed by atoms with Gasteiger partial charge in [0.05, 0.1) is 5.56 Å². The first-order chi connectivity index (χ1) is 14.8. The summed E-state index contributed by atoms with van der Waals surface area (Å²) in [5.41, 5.74) is 1.75. The summed E-state index contributed by atoms with van der Waals surface area (Å²) in [5.74, 6) is 0.987. The van der Waals surface area contributed by atoms with Gasteiger partial charge in [0.2, 0.25) is 0 Å². The van der Waals surface area contributed by atoms with Crippen molar-refractivity contribution in [2.24, 2.45) is 17.8 Å². The lowest BCUT2D eigenvalue weighted by Gasteiger charge is -2.36. The van der Waals surface area contributed by atoms with Crippen LogP contribution in [0.25, 0.3) is 0 Å². The number of hydrogen-bond acceptors (Lipinski definition) is 1. The first-order valence-corrected chi connectivity index (χ1v) is 11.1. The average Bonchev–Trinajstić information content (AvgIpc) is 2.78. The van der Waals surface area contributed by atoms with Gasteiger partial charge in [-0.1, -0.05) is 36.4 Å². The Kier molecular flexibility index (Phi) is 7.75. The standard InChI is InChI=1S/C26H29F4N/c1-18(20-7-5-19(6-8-20)3-2-4-25(27)17-31)21-9-11-22(12-10-21)23-13-15-24(16-14-23)26(28,29)30/h2-4,13-16,19-22H,1,5-12H2. The lowest BCUT2D eigenvalue weighted by Crippen LogP contribution is -2.22. The van der Waals surface area contributed by atoms with Crippen LogP contribution in [0.1, 0.15) is 68.4 Å². The number of nitriles is 1. The summed E-state index contributed by atoms with van der Waals surface area (Å²) in [6.07, 6.45) is 8.87. The van der Waals surface area contributed by atoms with Crippen molar-refractivity contribution in [1.29, 1.82) is 5.26 Å². The molecule has 2 aliphatic rings. The van der Waals surface area contributed by atoms with Crippen LogP contribution in [0.15, 0.2) is 60.5 Å². The second kappa shape index (κ2) is 10.3. The maximum absolute atomic E-state index is 12.9. The number of nitrogens with zero attached hydrogens (tertiary/aromatic N) is 1. The summed E-state index contributed by atoms with van der Waals surface area (Å²) >= 11 is 0. The molecule has 2 aliphatic carbocycles.